The smallest absolute Gasteiger partial charge is 0.127 e. The van der Waals surface area contributed by atoms with Crippen LogP contribution in [0.5, 0.6) is 11.5 Å². The zero-order valence-electron chi connectivity index (χ0n) is 38.7. The van der Waals surface area contributed by atoms with Gasteiger partial charge >= 0.3 is 0 Å². The summed E-state index contributed by atoms with van der Waals surface area (Å²) in [5.41, 5.74) is 17.5. The Morgan fingerprint density at radius 2 is 0.879 bits per heavy atom. The fourth-order valence-corrected chi connectivity index (χ4v) is 10.3. The summed E-state index contributed by atoms with van der Waals surface area (Å²) in [6, 6.07) is 82.0. The van der Waals surface area contributed by atoms with Crippen molar-refractivity contribution in [3.05, 3.63) is 258 Å². The molecular formula is C64H57NO. The van der Waals surface area contributed by atoms with Crippen LogP contribution in [-0.4, -0.2) is 0 Å². The number of ether oxygens (including phenoxy) is 1. The van der Waals surface area contributed by atoms with E-state index < -0.39 is 5.41 Å². The summed E-state index contributed by atoms with van der Waals surface area (Å²) in [6.45, 7) is 11.5. The molecule has 0 fully saturated rings. The molecule has 0 saturated carbocycles. The van der Waals surface area contributed by atoms with Gasteiger partial charge in [-0.2, -0.15) is 0 Å². The topological polar surface area (TPSA) is 12.5 Å². The van der Waals surface area contributed by atoms with E-state index in [1.54, 1.807) is 0 Å². The molecule has 0 N–H and O–H groups in total. The Bertz CT molecular complexity index is 2960. The van der Waals surface area contributed by atoms with E-state index in [2.05, 4.69) is 264 Å². The van der Waals surface area contributed by atoms with E-state index in [0.717, 1.165) is 28.6 Å². The van der Waals surface area contributed by atoms with Crippen molar-refractivity contribution in [3.8, 4) is 44.9 Å². The maximum absolute atomic E-state index is 6.58. The molecule has 0 bridgehead atoms. The van der Waals surface area contributed by atoms with Gasteiger partial charge in [-0.1, -0.05) is 197 Å². The lowest BCUT2D eigenvalue weighted by atomic mass is 9.67. The quantitative estimate of drug-likeness (QED) is 0.115. The normalized spacial score (nSPS) is 14.5. The van der Waals surface area contributed by atoms with Gasteiger partial charge in [0.2, 0.25) is 0 Å². The predicted octanol–water partition coefficient (Wildman–Crippen LogP) is 17.7. The van der Waals surface area contributed by atoms with Gasteiger partial charge in [0, 0.05) is 17.1 Å². The molecule has 0 spiro atoms. The summed E-state index contributed by atoms with van der Waals surface area (Å²) < 4.78 is 6.58. The average Bonchev–Trinajstić information content (AvgIpc) is 3.65. The maximum Gasteiger partial charge on any atom is 0.127 e. The molecule has 0 saturated heterocycles. The van der Waals surface area contributed by atoms with Crippen molar-refractivity contribution in [3.63, 3.8) is 0 Å². The van der Waals surface area contributed by atoms with Crippen LogP contribution in [0.2, 0.25) is 0 Å². The van der Waals surface area contributed by atoms with E-state index in [1.807, 2.05) is 0 Å². The second-order valence-electron chi connectivity index (χ2n) is 18.7. The zero-order valence-corrected chi connectivity index (χ0v) is 38.7. The molecule has 0 aromatic heterocycles. The first-order chi connectivity index (χ1) is 32.3. The number of benzene rings is 9. The Kier molecular flexibility index (Phi) is 11.7. The molecular weight excluding hydrogens is 799 g/mol. The summed E-state index contributed by atoms with van der Waals surface area (Å²) in [7, 11) is 0. The molecule has 66 heavy (non-hydrogen) atoms. The Balaban J connectivity index is 1.09. The van der Waals surface area contributed by atoms with Crippen molar-refractivity contribution < 1.29 is 4.74 Å². The Morgan fingerprint density at radius 3 is 1.41 bits per heavy atom. The third-order valence-corrected chi connectivity index (χ3v) is 13.6. The van der Waals surface area contributed by atoms with E-state index >= 15 is 0 Å². The number of rotatable bonds is 13. The van der Waals surface area contributed by atoms with Gasteiger partial charge in [0.05, 0.1) is 5.41 Å². The van der Waals surface area contributed by atoms with E-state index in [1.165, 1.54) is 73.2 Å². The highest BCUT2D eigenvalue weighted by molar-refractivity contribution is 5.90. The highest BCUT2D eigenvalue weighted by atomic mass is 16.5. The van der Waals surface area contributed by atoms with Crippen molar-refractivity contribution in [2.75, 3.05) is 4.90 Å². The lowest BCUT2D eigenvalue weighted by molar-refractivity contribution is 0.407. The van der Waals surface area contributed by atoms with Crippen LogP contribution in [0.3, 0.4) is 0 Å². The first-order valence-electron chi connectivity index (χ1n) is 23.6. The van der Waals surface area contributed by atoms with Crippen LogP contribution in [0.25, 0.3) is 33.4 Å². The Morgan fingerprint density at radius 1 is 0.424 bits per heavy atom. The van der Waals surface area contributed by atoms with E-state index in [4.69, 9.17) is 4.74 Å². The summed E-state index contributed by atoms with van der Waals surface area (Å²) >= 11 is 0. The van der Waals surface area contributed by atoms with Gasteiger partial charge in [-0.3, -0.25) is 0 Å². The molecule has 9 aromatic rings. The molecule has 9 aromatic carbocycles. The highest BCUT2D eigenvalue weighted by Crippen LogP contribution is 2.57. The molecule has 2 heteroatoms. The molecule has 0 radical (unpaired) electrons. The second kappa shape index (κ2) is 18.2. The average molecular weight is 856 g/mol. The summed E-state index contributed by atoms with van der Waals surface area (Å²) in [5.74, 6) is 3.42. The summed E-state index contributed by atoms with van der Waals surface area (Å²) in [4.78, 5) is 2.40. The number of fused-ring (bicyclic) bond motifs is 3. The van der Waals surface area contributed by atoms with E-state index in [-0.39, 0.29) is 0 Å². The molecule has 0 amide bonds. The maximum atomic E-state index is 6.58. The van der Waals surface area contributed by atoms with Crippen molar-refractivity contribution in [2.24, 2.45) is 11.8 Å². The third-order valence-electron chi connectivity index (χ3n) is 13.6. The van der Waals surface area contributed by atoms with Crippen molar-refractivity contribution >= 4 is 17.1 Å². The largest absolute Gasteiger partial charge is 0.457 e. The molecule has 2 unspecified atom stereocenters. The number of aryl methyl sites for hydroxylation is 1. The standard InChI is InChI=1S/C64H57NO/c1-44(2)42-61(45(3)4)51-26-37-57(38-27-51)66-58-39-30-53(31-40-58)64(52-28-20-46(5)21-29-52)62-19-13-12-18-59(62)60-41-36-56(43-63(60)64)65(54-32-22-49(23-33-54)47-14-8-6-9-15-47)55-34-24-50(25-35-55)48-16-10-7-11-17-48/h6-41,43-45,61H,42H2,1-5H3. The monoisotopic (exact) mass is 855 g/mol. The van der Waals surface area contributed by atoms with Crippen LogP contribution in [0, 0.1) is 18.8 Å². The number of hydrogen-bond acceptors (Lipinski definition) is 2. The minimum atomic E-state index is -0.599. The molecule has 324 valence electrons. The molecule has 0 aliphatic heterocycles. The summed E-state index contributed by atoms with van der Waals surface area (Å²) in [6.07, 6.45) is 1.18. The SMILES string of the molecule is Cc1ccc(C2(c3ccc(Oc4ccc(C(CC(C)C)C(C)C)cc4)cc3)c3ccccc3-c3ccc(N(c4ccc(-c5ccccc5)cc4)c4ccc(-c5ccccc5)cc4)cc32)cc1. The molecule has 2 atom stereocenters. The van der Waals surface area contributed by atoms with E-state index in [0.29, 0.717) is 17.8 Å². The van der Waals surface area contributed by atoms with Crippen LogP contribution in [0.15, 0.2) is 224 Å². The van der Waals surface area contributed by atoms with Gasteiger partial charge in [0.15, 0.2) is 0 Å². The first-order valence-corrected chi connectivity index (χ1v) is 23.6. The van der Waals surface area contributed by atoms with Gasteiger partial charge < -0.3 is 9.64 Å². The minimum absolute atomic E-state index is 0.529. The molecule has 0 heterocycles. The number of hydrogen-bond donors (Lipinski definition) is 0. The van der Waals surface area contributed by atoms with Gasteiger partial charge in [-0.05, 0) is 153 Å². The minimum Gasteiger partial charge on any atom is -0.457 e. The van der Waals surface area contributed by atoms with Crippen LogP contribution >= 0.6 is 0 Å². The van der Waals surface area contributed by atoms with Gasteiger partial charge in [-0.25, -0.2) is 0 Å². The van der Waals surface area contributed by atoms with Crippen molar-refractivity contribution in [2.45, 2.75) is 52.4 Å². The Labute approximate surface area is 391 Å². The van der Waals surface area contributed by atoms with Gasteiger partial charge in [0.1, 0.15) is 11.5 Å². The van der Waals surface area contributed by atoms with Crippen LogP contribution in [0.4, 0.5) is 17.1 Å². The number of anilines is 3. The fraction of sp³-hybridized carbons (Fsp3) is 0.156. The number of nitrogens with zero attached hydrogens (tertiary/aromatic N) is 1. The van der Waals surface area contributed by atoms with Crippen LogP contribution in [0.1, 0.15) is 73.4 Å². The molecule has 1 aliphatic rings. The van der Waals surface area contributed by atoms with E-state index in [9.17, 15) is 0 Å². The third kappa shape index (κ3) is 8.13. The second-order valence-corrected chi connectivity index (χ2v) is 18.7. The van der Waals surface area contributed by atoms with Gasteiger partial charge in [0.25, 0.3) is 0 Å². The Hall–Kier alpha value is -7.42. The summed E-state index contributed by atoms with van der Waals surface area (Å²) in [5, 5.41) is 0. The fourth-order valence-electron chi connectivity index (χ4n) is 10.3. The van der Waals surface area contributed by atoms with Crippen molar-refractivity contribution in [1.82, 2.24) is 0 Å². The lowest BCUT2D eigenvalue weighted by Crippen LogP contribution is -2.28. The first kappa shape index (κ1) is 42.5. The predicted molar refractivity (Wildman–Crippen MR) is 278 cm³/mol. The van der Waals surface area contributed by atoms with Gasteiger partial charge in [-0.15, -0.1) is 0 Å². The lowest BCUT2D eigenvalue weighted by Gasteiger charge is -2.35. The highest BCUT2D eigenvalue weighted by Gasteiger charge is 2.46. The van der Waals surface area contributed by atoms with Crippen LogP contribution in [-0.2, 0) is 5.41 Å². The molecule has 2 nitrogen and oxygen atoms in total. The zero-order chi connectivity index (χ0) is 45.2. The van der Waals surface area contributed by atoms with Crippen molar-refractivity contribution in [1.29, 1.82) is 0 Å². The molecule has 1 aliphatic carbocycles. The van der Waals surface area contributed by atoms with Crippen LogP contribution < -0.4 is 9.64 Å². The molecule has 10 rings (SSSR count).